The predicted octanol–water partition coefficient (Wildman–Crippen LogP) is 1.92. The minimum Gasteiger partial charge on any atom is -0.486 e. The van der Waals surface area contributed by atoms with Crippen LogP contribution in [0.25, 0.3) is 0 Å². The maximum atomic E-state index is 12.9. The zero-order chi connectivity index (χ0) is 18.1. The summed E-state index contributed by atoms with van der Waals surface area (Å²) in [4.78, 5) is 0.154. The highest BCUT2D eigenvalue weighted by Gasteiger charge is 2.29. The SMILES string of the molecule is CN(C[C@@H]1COc2ccccc2O1)S(=O)(=O)c1ccc2c(c1)OCCO2. The largest absolute Gasteiger partial charge is 0.486 e. The van der Waals surface area contributed by atoms with Crippen LogP contribution in [-0.4, -0.2) is 52.2 Å². The Kier molecular flexibility index (Phi) is 4.37. The standard InChI is InChI=1S/C18H19NO6S/c1-19(11-13-12-24-15-4-2-3-5-17(15)25-13)26(20,21)14-6-7-16-18(10-14)23-9-8-22-16/h2-7,10,13H,8-9,11-12H2,1H3/t13-/m1/s1. The second kappa shape index (κ2) is 6.69. The van der Waals surface area contributed by atoms with Crippen LogP contribution >= 0.6 is 0 Å². The quantitative estimate of drug-likeness (QED) is 0.810. The van der Waals surface area contributed by atoms with Gasteiger partial charge >= 0.3 is 0 Å². The Morgan fingerprint density at radius 1 is 0.962 bits per heavy atom. The first-order valence-electron chi connectivity index (χ1n) is 8.28. The molecule has 7 nitrogen and oxygen atoms in total. The molecule has 0 saturated carbocycles. The Hall–Kier alpha value is -2.45. The fourth-order valence-corrected chi connectivity index (χ4v) is 4.12. The second-order valence-electron chi connectivity index (χ2n) is 6.09. The molecule has 0 radical (unpaired) electrons. The normalized spacial score (nSPS) is 18.6. The Bertz CT molecular complexity index is 914. The molecular formula is C18H19NO6S. The van der Waals surface area contributed by atoms with Gasteiger partial charge < -0.3 is 18.9 Å². The summed E-state index contributed by atoms with van der Waals surface area (Å²) in [7, 11) is -2.16. The van der Waals surface area contributed by atoms with Crippen molar-refractivity contribution < 1.29 is 27.4 Å². The third-order valence-electron chi connectivity index (χ3n) is 4.25. The summed E-state index contributed by atoms with van der Waals surface area (Å²) in [6.45, 7) is 1.32. The van der Waals surface area contributed by atoms with Crippen molar-refractivity contribution in [3.8, 4) is 23.0 Å². The van der Waals surface area contributed by atoms with Gasteiger partial charge in [-0.25, -0.2) is 8.42 Å². The average molecular weight is 377 g/mol. The van der Waals surface area contributed by atoms with Crippen LogP contribution < -0.4 is 18.9 Å². The summed E-state index contributed by atoms with van der Waals surface area (Å²) < 4.78 is 49.4. The van der Waals surface area contributed by atoms with E-state index in [2.05, 4.69) is 0 Å². The molecule has 0 fully saturated rings. The van der Waals surface area contributed by atoms with Gasteiger partial charge in [0.1, 0.15) is 25.9 Å². The first-order valence-corrected chi connectivity index (χ1v) is 9.72. The maximum Gasteiger partial charge on any atom is 0.243 e. The topological polar surface area (TPSA) is 74.3 Å². The maximum absolute atomic E-state index is 12.9. The molecule has 0 saturated heterocycles. The Morgan fingerprint density at radius 3 is 2.46 bits per heavy atom. The van der Waals surface area contributed by atoms with Crippen LogP contribution in [0.2, 0.25) is 0 Å². The van der Waals surface area contributed by atoms with Crippen molar-refractivity contribution in [3.63, 3.8) is 0 Å². The molecule has 2 heterocycles. The van der Waals surface area contributed by atoms with Gasteiger partial charge in [-0.05, 0) is 24.3 Å². The first-order chi connectivity index (χ1) is 12.5. The van der Waals surface area contributed by atoms with Crippen molar-refractivity contribution >= 4 is 10.0 Å². The van der Waals surface area contributed by atoms with E-state index in [-0.39, 0.29) is 24.2 Å². The molecule has 0 aliphatic carbocycles. The highest BCUT2D eigenvalue weighted by molar-refractivity contribution is 7.89. The molecule has 2 aliphatic rings. The molecular weight excluding hydrogens is 358 g/mol. The van der Waals surface area contributed by atoms with Crippen LogP contribution in [0.4, 0.5) is 0 Å². The fourth-order valence-electron chi connectivity index (χ4n) is 2.90. The molecule has 0 amide bonds. The molecule has 2 aliphatic heterocycles. The smallest absolute Gasteiger partial charge is 0.243 e. The van der Waals surface area contributed by atoms with Crippen LogP contribution in [0.1, 0.15) is 0 Å². The highest BCUT2D eigenvalue weighted by atomic mass is 32.2. The van der Waals surface area contributed by atoms with Gasteiger partial charge in [0.25, 0.3) is 0 Å². The van der Waals surface area contributed by atoms with Crippen molar-refractivity contribution in [2.45, 2.75) is 11.0 Å². The number of hydrogen-bond acceptors (Lipinski definition) is 6. The van der Waals surface area contributed by atoms with E-state index in [0.29, 0.717) is 36.2 Å². The van der Waals surface area contributed by atoms with Gasteiger partial charge in [0.05, 0.1) is 11.4 Å². The third-order valence-corrected chi connectivity index (χ3v) is 6.07. The molecule has 26 heavy (non-hydrogen) atoms. The van der Waals surface area contributed by atoms with Crippen molar-refractivity contribution in [1.82, 2.24) is 4.31 Å². The lowest BCUT2D eigenvalue weighted by molar-refractivity contribution is 0.0798. The molecule has 0 aromatic heterocycles. The number of sulfonamides is 1. The summed E-state index contributed by atoms with van der Waals surface area (Å²) >= 11 is 0. The van der Waals surface area contributed by atoms with E-state index in [4.69, 9.17) is 18.9 Å². The number of fused-ring (bicyclic) bond motifs is 2. The summed E-state index contributed by atoms with van der Waals surface area (Å²) in [5, 5.41) is 0. The van der Waals surface area contributed by atoms with Crippen molar-refractivity contribution in [2.24, 2.45) is 0 Å². The third kappa shape index (κ3) is 3.17. The molecule has 0 bridgehead atoms. The number of para-hydroxylation sites is 2. The lowest BCUT2D eigenvalue weighted by Crippen LogP contribution is -2.41. The Balaban J connectivity index is 1.50. The van der Waals surface area contributed by atoms with Crippen molar-refractivity contribution in [3.05, 3.63) is 42.5 Å². The number of hydrogen-bond donors (Lipinski definition) is 0. The summed E-state index contributed by atoms with van der Waals surface area (Å²) in [5.74, 6) is 2.28. The fraction of sp³-hybridized carbons (Fsp3) is 0.333. The van der Waals surface area contributed by atoms with E-state index in [1.807, 2.05) is 18.2 Å². The number of benzene rings is 2. The molecule has 8 heteroatoms. The highest BCUT2D eigenvalue weighted by Crippen LogP contribution is 2.34. The number of nitrogens with zero attached hydrogens (tertiary/aromatic N) is 1. The first kappa shape index (κ1) is 17.0. The second-order valence-corrected chi connectivity index (χ2v) is 8.13. The molecule has 0 unspecified atom stereocenters. The van der Waals surface area contributed by atoms with E-state index in [9.17, 15) is 8.42 Å². The molecule has 2 aromatic carbocycles. The molecule has 2 aromatic rings. The summed E-state index contributed by atoms with van der Waals surface area (Å²) in [5.41, 5.74) is 0. The van der Waals surface area contributed by atoms with E-state index < -0.39 is 10.0 Å². The van der Waals surface area contributed by atoms with Gasteiger partial charge in [-0.3, -0.25) is 0 Å². The lowest BCUT2D eigenvalue weighted by atomic mass is 10.2. The molecule has 0 spiro atoms. The molecule has 138 valence electrons. The van der Waals surface area contributed by atoms with Gasteiger partial charge in [0.15, 0.2) is 23.0 Å². The molecule has 0 N–H and O–H groups in total. The summed E-state index contributed by atoms with van der Waals surface area (Å²) in [6, 6.07) is 12.0. The van der Waals surface area contributed by atoms with Crippen LogP contribution in [-0.2, 0) is 10.0 Å². The number of likely N-dealkylation sites (N-methyl/N-ethyl adjacent to an activating group) is 1. The van der Waals surface area contributed by atoms with Crippen LogP contribution in [0, 0.1) is 0 Å². The van der Waals surface area contributed by atoms with Crippen LogP contribution in [0.5, 0.6) is 23.0 Å². The van der Waals surface area contributed by atoms with Gasteiger partial charge in [0, 0.05) is 13.1 Å². The van der Waals surface area contributed by atoms with Crippen LogP contribution in [0.15, 0.2) is 47.4 Å². The minimum atomic E-state index is -3.69. The van der Waals surface area contributed by atoms with Crippen molar-refractivity contribution in [2.75, 3.05) is 33.4 Å². The Labute approximate surface area is 152 Å². The van der Waals surface area contributed by atoms with Gasteiger partial charge in [-0.15, -0.1) is 0 Å². The lowest BCUT2D eigenvalue weighted by Gasteiger charge is -2.29. The molecule has 4 rings (SSSR count). The number of ether oxygens (including phenoxy) is 4. The number of rotatable bonds is 4. The van der Waals surface area contributed by atoms with Gasteiger partial charge in [0.2, 0.25) is 10.0 Å². The predicted molar refractivity (Wildman–Crippen MR) is 93.6 cm³/mol. The monoisotopic (exact) mass is 377 g/mol. The van der Waals surface area contributed by atoms with Crippen LogP contribution in [0.3, 0.4) is 0 Å². The minimum absolute atomic E-state index is 0.154. The summed E-state index contributed by atoms with van der Waals surface area (Å²) in [6.07, 6.45) is -0.387. The van der Waals surface area contributed by atoms with Gasteiger partial charge in [-0.2, -0.15) is 4.31 Å². The van der Waals surface area contributed by atoms with E-state index in [1.54, 1.807) is 12.1 Å². The Morgan fingerprint density at radius 2 is 1.65 bits per heavy atom. The van der Waals surface area contributed by atoms with E-state index in [0.717, 1.165) is 0 Å². The molecule has 1 atom stereocenters. The zero-order valence-corrected chi connectivity index (χ0v) is 15.1. The van der Waals surface area contributed by atoms with E-state index >= 15 is 0 Å². The zero-order valence-electron chi connectivity index (χ0n) is 14.3. The van der Waals surface area contributed by atoms with E-state index in [1.165, 1.54) is 23.5 Å². The average Bonchev–Trinajstić information content (AvgIpc) is 2.67. The van der Waals surface area contributed by atoms with Gasteiger partial charge in [-0.1, -0.05) is 12.1 Å². The van der Waals surface area contributed by atoms with Crippen molar-refractivity contribution in [1.29, 1.82) is 0 Å².